The number of rotatable bonds is 5. The van der Waals surface area contributed by atoms with E-state index < -0.39 is 4.92 Å². The van der Waals surface area contributed by atoms with Crippen LogP contribution >= 0.6 is 24.2 Å². The molecule has 1 aromatic carbocycles. The van der Waals surface area contributed by atoms with Crippen molar-refractivity contribution in [1.29, 1.82) is 0 Å². The van der Waals surface area contributed by atoms with Crippen molar-refractivity contribution in [2.45, 2.75) is 6.92 Å². The van der Waals surface area contributed by atoms with Gasteiger partial charge in [-0.3, -0.25) is 10.1 Å². The molecule has 0 fully saturated rings. The van der Waals surface area contributed by atoms with Crippen LogP contribution in [-0.4, -0.2) is 17.3 Å². The summed E-state index contributed by atoms with van der Waals surface area (Å²) in [5.74, 6) is 1.57. The molecule has 0 heterocycles. The Balaban J connectivity index is 2.70. The summed E-state index contributed by atoms with van der Waals surface area (Å²) in [4.78, 5) is 9.99. The van der Waals surface area contributed by atoms with Crippen molar-refractivity contribution >= 4 is 29.9 Å². The van der Waals surface area contributed by atoms with E-state index in [0.29, 0.717) is 18.3 Å². The average molecular weight is 262 g/mol. The van der Waals surface area contributed by atoms with Crippen molar-refractivity contribution in [3.05, 3.63) is 33.3 Å². The first kappa shape index (κ1) is 13.1. The van der Waals surface area contributed by atoms with Crippen LogP contribution in [-0.2, 0) is 0 Å². The monoisotopic (exact) mass is 261 g/mol. The maximum Gasteiger partial charge on any atom is 0.288 e. The average Bonchev–Trinajstić information content (AvgIpc) is 2.25. The van der Waals surface area contributed by atoms with Crippen molar-refractivity contribution in [2.75, 3.05) is 12.4 Å². The third-order valence-corrected chi connectivity index (χ3v) is 2.89. The van der Waals surface area contributed by atoms with Gasteiger partial charge in [0.2, 0.25) is 0 Å². The maximum atomic E-state index is 10.5. The lowest BCUT2D eigenvalue weighted by molar-refractivity contribution is -0.384. The Bertz CT molecular complexity index is 386. The molecule has 0 aliphatic carbocycles. The van der Waals surface area contributed by atoms with Gasteiger partial charge >= 0.3 is 0 Å². The van der Waals surface area contributed by atoms with Crippen LogP contribution in [0.3, 0.4) is 0 Å². The molecular weight excluding hydrogens is 250 g/mol. The van der Waals surface area contributed by atoms with Crippen molar-refractivity contribution in [3.63, 3.8) is 0 Å². The highest BCUT2D eigenvalue weighted by atomic mass is 35.5. The van der Waals surface area contributed by atoms with Gasteiger partial charge < -0.3 is 4.74 Å². The van der Waals surface area contributed by atoms with E-state index in [-0.39, 0.29) is 10.7 Å². The lowest BCUT2D eigenvalue weighted by Gasteiger charge is -2.10. The fraction of sp³-hybridized carbons (Fsp3) is 0.400. The minimum absolute atomic E-state index is 0.0843. The van der Waals surface area contributed by atoms with Crippen LogP contribution in [0.15, 0.2) is 18.2 Å². The Labute approximate surface area is 104 Å². The summed E-state index contributed by atoms with van der Waals surface area (Å²) in [6, 6.07) is 4.32. The number of ether oxygens (including phenoxy) is 1. The Morgan fingerprint density at radius 1 is 1.62 bits per heavy atom. The Hall–Kier alpha value is -0.940. The maximum absolute atomic E-state index is 10.5. The van der Waals surface area contributed by atoms with Crippen LogP contribution in [0.5, 0.6) is 5.75 Å². The molecule has 1 unspecified atom stereocenters. The zero-order valence-electron chi connectivity index (χ0n) is 8.72. The minimum atomic E-state index is -0.525. The first-order valence-electron chi connectivity index (χ1n) is 4.72. The van der Waals surface area contributed by atoms with E-state index in [1.165, 1.54) is 18.2 Å². The predicted octanol–water partition coefficient (Wildman–Crippen LogP) is 3.19. The SMILES string of the molecule is CC(CS)COc1ccc([N+](=O)[O-])c(Cl)c1. The number of nitro groups is 1. The fourth-order valence-electron chi connectivity index (χ4n) is 1.02. The minimum Gasteiger partial charge on any atom is -0.493 e. The van der Waals surface area contributed by atoms with E-state index in [1.54, 1.807) is 0 Å². The van der Waals surface area contributed by atoms with E-state index in [2.05, 4.69) is 12.6 Å². The van der Waals surface area contributed by atoms with Gasteiger partial charge in [-0.15, -0.1) is 0 Å². The van der Waals surface area contributed by atoms with Crippen molar-refractivity contribution < 1.29 is 9.66 Å². The van der Waals surface area contributed by atoms with Crippen LogP contribution in [0.25, 0.3) is 0 Å². The molecule has 0 saturated carbocycles. The molecule has 1 aromatic rings. The molecule has 0 aromatic heterocycles. The van der Waals surface area contributed by atoms with Gasteiger partial charge in [-0.2, -0.15) is 12.6 Å². The molecule has 0 radical (unpaired) electrons. The fourth-order valence-corrected chi connectivity index (χ4v) is 1.36. The summed E-state index contributed by atoms with van der Waals surface area (Å²) in [5.41, 5.74) is -0.115. The summed E-state index contributed by atoms with van der Waals surface area (Å²) in [5, 5.41) is 10.6. The summed E-state index contributed by atoms with van der Waals surface area (Å²) >= 11 is 9.87. The smallest absolute Gasteiger partial charge is 0.288 e. The molecule has 88 valence electrons. The summed E-state index contributed by atoms with van der Waals surface area (Å²) < 4.78 is 5.42. The predicted molar refractivity (Wildman–Crippen MR) is 66.6 cm³/mol. The highest BCUT2D eigenvalue weighted by molar-refractivity contribution is 7.80. The number of nitro benzene ring substituents is 1. The third kappa shape index (κ3) is 3.57. The molecule has 0 spiro atoms. The molecule has 1 atom stereocenters. The van der Waals surface area contributed by atoms with E-state index in [1.807, 2.05) is 6.92 Å². The number of halogens is 1. The van der Waals surface area contributed by atoms with Gasteiger partial charge in [-0.1, -0.05) is 18.5 Å². The highest BCUT2D eigenvalue weighted by Crippen LogP contribution is 2.28. The second-order valence-corrected chi connectivity index (χ2v) is 4.24. The summed E-state index contributed by atoms with van der Waals surface area (Å²) in [6.07, 6.45) is 0. The number of nitrogens with zero attached hydrogens (tertiary/aromatic N) is 1. The van der Waals surface area contributed by atoms with E-state index in [4.69, 9.17) is 16.3 Å². The summed E-state index contributed by atoms with van der Waals surface area (Å²) in [7, 11) is 0. The second kappa shape index (κ2) is 5.96. The molecule has 6 heteroatoms. The zero-order valence-corrected chi connectivity index (χ0v) is 10.4. The number of thiol groups is 1. The van der Waals surface area contributed by atoms with E-state index >= 15 is 0 Å². The van der Waals surface area contributed by atoms with Gasteiger partial charge in [0.15, 0.2) is 0 Å². The molecule has 0 aliphatic rings. The molecule has 0 saturated heterocycles. The van der Waals surface area contributed by atoms with Gasteiger partial charge in [-0.25, -0.2) is 0 Å². The van der Waals surface area contributed by atoms with Gasteiger partial charge in [0.05, 0.1) is 11.5 Å². The van der Waals surface area contributed by atoms with E-state index in [0.717, 1.165) is 5.75 Å². The molecule has 0 N–H and O–H groups in total. The molecule has 4 nitrogen and oxygen atoms in total. The van der Waals surface area contributed by atoms with Gasteiger partial charge in [-0.05, 0) is 17.7 Å². The lowest BCUT2D eigenvalue weighted by atomic mass is 10.2. The number of benzene rings is 1. The number of hydrogen-bond donors (Lipinski definition) is 1. The topological polar surface area (TPSA) is 52.4 Å². The summed E-state index contributed by atoms with van der Waals surface area (Å²) in [6.45, 7) is 2.51. The molecule has 0 amide bonds. The van der Waals surface area contributed by atoms with Crippen LogP contribution in [0.4, 0.5) is 5.69 Å². The largest absolute Gasteiger partial charge is 0.493 e. The Morgan fingerprint density at radius 3 is 2.81 bits per heavy atom. The molecular formula is C10H12ClNO3S. The van der Waals surface area contributed by atoms with E-state index in [9.17, 15) is 10.1 Å². The van der Waals surface area contributed by atoms with Crippen LogP contribution in [0.1, 0.15) is 6.92 Å². The normalized spacial score (nSPS) is 12.2. The molecule has 0 bridgehead atoms. The molecule has 1 rings (SSSR count). The van der Waals surface area contributed by atoms with Crippen molar-refractivity contribution in [2.24, 2.45) is 5.92 Å². The van der Waals surface area contributed by atoms with Crippen molar-refractivity contribution in [3.8, 4) is 5.75 Å². The first-order valence-corrected chi connectivity index (χ1v) is 5.73. The second-order valence-electron chi connectivity index (χ2n) is 3.47. The lowest BCUT2D eigenvalue weighted by Crippen LogP contribution is -2.09. The van der Waals surface area contributed by atoms with Gasteiger partial charge in [0, 0.05) is 12.1 Å². The Kier molecular flexibility index (Phi) is 4.89. The van der Waals surface area contributed by atoms with Crippen molar-refractivity contribution in [1.82, 2.24) is 0 Å². The van der Waals surface area contributed by atoms with Gasteiger partial charge in [0.1, 0.15) is 10.8 Å². The Morgan fingerprint density at radius 2 is 2.31 bits per heavy atom. The first-order chi connectivity index (χ1) is 7.54. The highest BCUT2D eigenvalue weighted by Gasteiger charge is 2.12. The zero-order chi connectivity index (χ0) is 12.1. The van der Waals surface area contributed by atoms with Crippen LogP contribution < -0.4 is 4.74 Å². The third-order valence-electron chi connectivity index (χ3n) is 1.96. The standard InChI is InChI=1S/C10H12ClNO3S/c1-7(6-16)5-15-8-2-3-10(12(13)14)9(11)4-8/h2-4,7,16H,5-6H2,1H3. The van der Waals surface area contributed by atoms with Gasteiger partial charge in [0.25, 0.3) is 5.69 Å². The molecule has 16 heavy (non-hydrogen) atoms. The van der Waals surface area contributed by atoms with Crippen LogP contribution in [0, 0.1) is 16.0 Å². The number of hydrogen-bond acceptors (Lipinski definition) is 4. The van der Waals surface area contributed by atoms with Crippen LogP contribution in [0.2, 0.25) is 5.02 Å². The quantitative estimate of drug-likeness (QED) is 0.503. The molecule has 0 aliphatic heterocycles.